The molecule has 2 aromatic heterocycles. The van der Waals surface area contributed by atoms with Crippen molar-refractivity contribution in [3.05, 3.63) is 48.4 Å². The molecule has 0 saturated heterocycles. The van der Waals surface area contributed by atoms with Gasteiger partial charge in [0, 0.05) is 15.8 Å². The summed E-state index contributed by atoms with van der Waals surface area (Å²) in [5.41, 5.74) is 1.11. The monoisotopic (exact) mass is 284 g/mol. The molecule has 0 atom stereocenters. The third kappa shape index (κ3) is 2.96. The van der Waals surface area contributed by atoms with Crippen LogP contribution in [-0.4, -0.2) is 17.0 Å². The van der Waals surface area contributed by atoms with Crippen molar-refractivity contribution in [2.45, 2.75) is 18.2 Å². The zero-order valence-corrected chi connectivity index (χ0v) is 12.1. The van der Waals surface area contributed by atoms with Gasteiger partial charge in [0.1, 0.15) is 11.6 Å². The van der Waals surface area contributed by atoms with Gasteiger partial charge in [-0.25, -0.2) is 4.99 Å². The molecule has 3 aromatic rings. The van der Waals surface area contributed by atoms with E-state index in [0.717, 1.165) is 22.8 Å². The molecule has 1 aromatic carbocycles. The number of rotatable bonds is 5. The fraction of sp³-hybridized carbons (Fsp3) is 0.188. The lowest BCUT2D eigenvalue weighted by molar-refractivity contribution is 0.560. The molecule has 0 fully saturated rings. The summed E-state index contributed by atoms with van der Waals surface area (Å²) in [7, 11) is 0. The molecule has 0 saturated carbocycles. The van der Waals surface area contributed by atoms with Gasteiger partial charge in [0.25, 0.3) is 0 Å². The maximum absolute atomic E-state index is 5.23. The highest BCUT2D eigenvalue weighted by molar-refractivity contribution is 7.99. The first kappa shape index (κ1) is 13.1. The maximum Gasteiger partial charge on any atom is 0.144 e. The van der Waals surface area contributed by atoms with Crippen LogP contribution in [-0.2, 0) is 0 Å². The fourth-order valence-corrected chi connectivity index (χ4v) is 2.79. The quantitative estimate of drug-likeness (QED) is 0.528. The third-order valence-corrected chi connectivity index (χ3v) is 4.12. The van der Waals surface area contributed by atoms with E-state index < -0.39 is 0 Å². The van der Waals surface area contributed by atoms with Gasteiger partial charge in [-0.3, -0.25) is 0 Å². The third-order valence-electron chi connectivity index (χ3n) is 2.92. The second-order valence-corrected chi connectivity index (χ2v) is 5.69. The molecule has 2 heterocycles. The number of aliphatic imine (C=N–C) groups is 1. The SMILES string of the molecule is CCCSc1ccc2[nH]c(/N=C/c3ccco3)cc2c1. The summed E-state index contributed by atoms with van der Waals surface area (Å²) < 4.78 is 5.23. The lowest BCUT2D eigenvalue weighted by Crippen LogP contribution is -1.75. The number of fused-ring (bicyclic) bond motifs is 1. The molecule has 102 valence electrons. The Kier molecular flexibility index (Phi) is 3.92. The first-order valence-corrected chi connectivity index (χ1v) is 7.67. The van der Waals surface area contributed by atoms with Gasteiger partial charge in [-0.15, -0.1) is 11.8 Å². The Morgan fingerprint density at radius 3 is 3.05 bits per heavy atom. The van der Waals surface area contributed by atoms with Crippen molar-refractivity contribution in [1.82, 2.24) is 4.98 Å². The molecular formula is C16H16N2OS. The molecule has 20 heavy (non-hydrogen) atoms. The van der Waals surface area contributed by atoms with Crippen LogP contribution in [0.4, 0.5) is 5.82 Å². The molecule has 3 nitrogen and oxygen atoms in total. The van der Waals surface area contributed by atoms with Gasteiger partial charge in [0.15, 0.2) is 0 Å². The maximum atomic E-state index is 5.23. The number of thioether (sulfide) groups is 1. The van der Waals surface area contributed by atoms with Gasteiger partial charge >= 0.3 is 0 Å². The van der Waals surface area contributed by atoms with E-state index in [1.54, 1.807) is 12.5 Å². The molecule has 3 rings (SSSR count). The van der Waals surface area contributed by atoms with Crippen LogP contribution in [0, 0.1) is 0 Å². The highest BCUT2D eigenvalue weighted by Crippen LogP contribution is 2.27. The standard InChI is InChI=1S/C16H16N2OS/c1-2-8-20-14-5-6-15-12(9-14)10-16(18-15)17-11-13-4-3-7-19-13/h3-7,9-11,18H,2,8H2,1H3/b17-11+. The molecule has 0 amide bonds. The number of hydrogen-bond donors (Lipinski definition) is 1. The van der Waals surface area contributed by atoms with Crippen LogP contribution in [0.5, 0.6) is 0 Å². The molecule has 4 heteroatoms. The first-order valence-electron chi connectivity index (χ1n) is 6.68. The number of nitrogens with zero attached hydrogens (tertiary/aromatic N) is 1. The minimum atomic E-state index is 0.753. The van der Waals surface area contributed by atoms with Gasteiger partial charge in [-0.05, 0) is 48.6 Å². The first-order chi connectivity index (χ1) is 9.85. The second-order valence-electron chi connectivity index (χ2n) is 4.53. The van der Waals surface area contributed by atoms with Crippen molar-refractivity contribution in [2.75, 3.05) is 5.75 Å². The summed E-state index contributed by atoms with van der Waals surface area (Å²) in [6.45, 7) is 2.20. The predicted molar refractivity (Wildman–Crippen MR) is 85.3 cm³/mol. The minimum absolute atomic E-state index is 0.753. The smallest absolute Gasteiger partial charge is 0.144 e. The summed E-state index contributed by atoms with van der Waals surface area (Å²) in [4.78, 5) is 8.99. The van der Waals surface area contributed by atoms with Crippen LogP contribution >= 0.6 is 11.8 Å². The van der Waals surface area contributed by atoms with Crippen LogP contribution in [0.15, 0.2) is 57.0 Å². The number of benzene rings is 1. The Morgan fingerprint density at radius 2 is 2.25 bits per heavy atom. The van der Waals surface area contributed by atoms with E-state index >= 15 is 0 Å². The van der Waals surface area contributed by atoms with E-state index in [1.165, 1.54) is 16.7 Å². The van der Waals surface area contributed by atoms with Gasteiger partial charge < -0.3 is 9.40 Å². The van der Waals surface area contributed by atoms with Gasteiger partial charge in [-0.2, -0.15) is 0 Å². The Morgan fingerprint density at radius 1 is 1.30 bits per heavy atom. The van der Waals surface area contributed by atoms with Crippen LogP contribution in [0.2, 0.25) is 0 Å². The lowest BCUT2D eigenvalue weighted by Gasteiger charge is -1.98. The van der Waals surface area contributed by atoms with E-state index in [-0.39, 0.29) is 0 Å². The van der Waals surface area contributed by atoms with Crippen molar-refractivity contribution in [2.24, 2.45) is 4.99 Å². The highest BCUT2D eigenvalue weighted by Gasteiger charge is 2.01. The summed E-state index contributed by atoms with van der Waals surface area (Å²) in [6, 6.07) is 12.3. The van der Waals surface area contributed by atoms with Crippen molar-refractivity contribution >= 4 is 34.7 Å². The zero-order chi connectivity index (χ0) is 13.8. The van der Waals surface area contributed by atoms with E-state index in [2.05, 4.69) is 41.2 Å². The molecule has 0 aliphatic carbocycles. The number of aromatic amines is 1. The molecule has 1 N–H and O–H groups in total. The van der Waals surface area contributed by atoms with Gasteiger partial charge in [-0.1, -0.05) is 6.92 Å². The van der Waals surface area contributed by atoms with E-state index in [4.69, 9.17) is 4.42 Å². The Bertz CT molecular complexity index is 713. The average molecular weight is 284 g/mol. The zero-order valence-electron chi connectivity index (χ0n) is 11.3. The minimum Gasteiger partial charge on any atom is -0.463 e. The fourth-order valence-electron chi connectivity index (χ4n) is 1.97. The average Bonchev–Trinajstić information content (AvgIpc) is 3.11. The van der Waals surface area contributed by atoms with Crippen LogP contribution in [0.3, 0.4) is 0 Å². The number of aromatic nitrogens is 1. The lowest BCUT2D eigenvalue weighted by atomic mass is 10.2. The number of nitrogens with one attached hydrogen (secondary N) is 1. The van der Waals surface area contributed by atoms with Gasteiger partial charge in [0.2, 0.25) is 0 Å². The van der Waals surface area contributed by atoms with Crippen LogP contribution in [0.1, 0.15) is 19.1 Å². The Balaban J connectivity index is 1.83. The molecular weight excluding hydrogens is 268 g/mol. The Hall–Kier alpha value is -1.94. The number of H-pyrrole nitrogens is 1. The summed E-state index contributed by atoms with van der Waals surface area (Å²) in [5.74, 6) is 2.75. The normalized spacial score (nSPS) is 11.7. The van der Waals surface area contributed by atoms with E-state index in [1.807, 2.05) is 23.9 Å². The predicted octanol–water partition coefficient (Wildman–Crippen LogP) is 5.01. The van der Waals surface area contributed by atoms with Crippen molar-refractivity contribution in [1.29, 1.82) is 0 Å². The van der Waals surface area contributed by atoms with Crippen molar-refractivity contribution in [3.8, 4) is 0 Å². The topological polar surface area (TPSA) is 41.3 Å². The summed E-state index contributed by atoms with van der Waals surface area (Å²) in [6.07, 6.45) is 4.55. The highest BCUT2D eigenvalue weighted by atomic mass is 32.2. The van der Waals surface area contributed by atoms with Gasteiger partial charge in [0.05, 0.1) is 12.5 Å². The van der Waals surface area contributed by atoms with E-state index in [9.17, 15) is 0 Å². The molecule has 0 radical (unpaired) electrons. The molecule has 0 aliphatic rings. The number of hydrogen-bond acceptors (Lipinski definition) is 3. The second kappa shape index (κ2) is 6.01. The van der Waals surface area contributed by atoms with Crippen LogP contribution < -0.4 is 0 Å². The largest absolute Gasteiger partial charge is 0.463 e. The Labute approximate surface area is 122 Å². The van der Waals surface area contributed by atoms with Crippen LogP contribution in [0.25, 0.3) is 10.9 Å². The number of furan rings is 1. The molecule has 0 spiro atoms. The summed E-state index contributed by atoms with van der Waals surface area (Å²) in [5, 5.41) is 1.19. The summed E-state index contributed by atoms with van der Waals surface area (Å²) >= 11 is 1.89. The molecule has 0 unspecified atom stereocenters. The van der Waals surface area contributed by atoms with E-state index in [0.29, 0.717) is 0 Å². The van der Waals surface area contributed by atoms with Crippen molar-refractivity contribution in [3.63, 3.8) is 0 Å². The van der Waals surface area contributed by atoms with Crippen molar-refractivity contribution < 1.29 is 4.42 Å². The molecule has 0 aliphatic heterocycles. The molecule has 0 bridgehead atoms.